The first-order valence-electron chi connectivity index (χ1n) is 11.2. The summed E-state index contributed by atoms with van der Waals surface area (Å²) in [6.45, 7) is 2.45. The fourth-order valence-electron chi connectivity index (χ4n) is 4.16. The number of carbonyl (C=O) groups is 2. The number of rotatable bonds is 6. The summed E-state index contributed by atoms with van der Waals surface area (Å²) in [7, 11) is 0. The number of ketones is 1. The van der Waals surface area contributed by atoms with Crippen molar-refractivity contribution in [3.05, 3.63) is 116 Å². The molecule has 0 saturated carbocycles. The van der Waals surface area contributed by atoms with E-state index in [-0.39, 0.29) is 11.3 Å². The number of carbonyl (C=O) groups excluding carboxylic acids is 2. The molecule has 1 N–H and O–H groups in total. The minimum atomic E-state index is -0.787. The number of benzene rings is 3. The molecular formula is C28H21IN2O4S. The standard InChI is InChI=1S/C28H21IN2O4S/c1-17-3-2-4-18(15-17)16-35-22-11-7-20(8-12-22)25(32)23-24(19-5-9-21(29)10-6-19)31(27(34)26(23)33)28-30-13-14-36-28/h2-15,24,32H,16H2,1H3/b25-23+. The van der Waals surface area contributed by atoms with Crippen LogP contribution in [0, 0.1) is 10.5 Å². The van der Waals surface area contributed by atoms with Crippen LogP contribution < -0.4 is 9.64 Å². The van der Waals surface area contributed by atoms with Crippen LogP contribution in [0.3, 0.4) is 0 Å². The summed E-state index contributed by atoms with van der Waals surface area (Å²) in [5.74, 6) is -1.06. The minimum Gasteiger partial charge on any atom is -0.507 e. The first kappa shape index (κ1) is 24.2. The quantitative estimate of drug-likeness (QED) is 0.121. The van der Waals surface area contributed by atoms with Crippen molar-refractivity contribution < 1.29 is 19.4 Å². The van der Waals surface area contributed by atoms with E-state index < -0.39 is 17.7 Å². The van der Waals surface area contributed by atoms with Gasteiger partial charge in [-0.1, -0.05) is 42.0 Å². The molecule has 1 unspecified atom stereocenters. The number of amides is 1. The second-order valence-electron chi connectivity index (χ2n) is 8.34. The number of Topliss-reactive ketones (excluding diaryl/α,β-unsaturated/α-hetero) is 1. The summed E-state index contributed by atoms with van der Waals surface area (Å²) in [5, 5.41) is 13.4. The molecule has 1 aromatic heterocycles. The molecule has 1 aliphatic rings. The molecule has 5 rings (SSSR count). The maximum atomic E-state index is 13.2. The van der Waals surface area contributed by atoms with Crippen LogP contribution >= 0.6 is 33.9 Å². The summed E-state index contributed by atoms with van der Waals surface area (Å²) >= 11 is 3.46. The van der Waals surface area contributed by atoms with Gasteiger partial charge < -0.3 is 9.84 Å². The van der Waals surface area contributed by atoms with Crippen LogP contribution in [0.15, 0.2) is 89.9 Å². The van der Waals surface area contributed by atoms with E-state index in [0.29, 0.717) is 28.6 Å². The third-order valence-corrected chi connectivity index (χ3v) is 7.36. The molecule has 6 nitrogen and oxygen atoms in total. The van der Waals surface area contributed by atoms with Crippen LogP contribution in [0.4, 0.5) is 5.13 Å². The SMILES string of the molecule is Cc1cccc(COc2ccc(/C(O)=C3\C(=O)C(=O)N(c4nccs4)C3c3ccc(I)cc3)cc2)c1. The zero-order valence-electron chi connectivity index (χ0n) is 19.2. The maximum absolute atomic E-state index is 13.2. The number of hydrogen-bond donors (Lipinski definition) is 1. The van der Waals surface area contributed by atoms with Gasteiger partial charge in [0, 0.05) is 20.7 Å². The fourth-order valence-corrected chi connectivity index (χ4v) is 5.18. The van der Waals surface area contributed by atoms with Crippen molar-refractivity contribution >= 4 is 56.5 Å². The number of ether oxygens (including phenoxy) is 1. The highest BCUT2D eigenvalue weighted by Gasteiger charge is 2.47. The molecule has 0 aliphatic carbocycles. The van der Waals surface area contributed by atoms with Gasteiger partial charge in [-0.15, -0.1) is 11.3 Å². The van der Waals surface area contributed by atoms with Crippen LogP contribution in [0.5, 0.6) is 5.75 Å². The number of thiazole rings is 1. The number of halogens is 1. The lowest BCUT2D eigenvalue weighted by molar-refractivity contribution is -0.132. The highest BCUT2D eigenvalue weighted by molar-refractivity contribution is 14.1. The predicted molar refractivity (Wildman–Crippen MR) is 148 cm³/mol. The monoisotopic (exact) mass is 608 g/mol. The molecule has 1 atom stereocenters. The Morgan fingerprint density at radius 3 is 2.50 bits per heavy atom. The van der Waals surface area contributed by atoms with Gasteiger partial charge in [-0.25, -0.2) is 4.98 Å². The highest BCUT2D eigenvalue weighted by atomic mass is 127. The van der Waals surface area contributed by atoms with Gasteiger partial charge in [-0.2, -0.15) is 0 Å². The Bertz CT molecular complexity index is 1450. The Morgan fingerprint density at radius 1 is 1.08 bits per heavy atom. The summed E-state index contributed by atoms with van der Waals surface area (Å²) in [5.41, 5.74) is 3.38. The van der Waals surface area contributed by atoms with E-state index in [1.807, 2.05) is 49.4 Å². The first-order chi connectivity index (χ1) is 17.4. The van der Waals surface area contributed by atoms with Gasteiger partial charge in [0.1, 0.15) is 18.1 Å². The molecule has 2 heterocycles. The molecule has 0 radical (unpaired) electrons. The van der Waals surface area contributed by atoms with Crippen molar-refractivity contribution in [3.63, 3.8) is 0 Å². The Labute approximate surface area is 226 Å². The number of aryl methyl sites for hydroxylation is 1. The van der Waals surface area contributed by atoms with Crippen molar-refractivity contribution in [1.29, 1.82) is 0 Å². The summed E-state index contributed by atoms with van der Waals surface area (Å²) in [4.78, 5) is 31.9. The van der Waals surface area contributed by atoms with Gasteiger partial charge in [0.25, 0.3) is 5.78 Å². The van der Waals surface area contributed by atoms with Gasteiger partial charge in [0.2, 0.25) is 0 Å². The van der Waals surface area contributed by atoms with Crippen molar-refractivity contribution in [1.82, 2.24) is 4.98 Å². The largest absolute Gasteiger partial charge is 0.507 e. The molecule has 0 bridgehead atoms. The molecular weight excluding hydrogens is 587 g/mol. The van der Waals surface area contributed by atoms with Crippen molar-refractivity contribution in [2.45, 2.75) is 19.6 Å². The second kappa shape index (κ2) is 10.2. The van der Waals surface area contributed by atoms with E-state index in [0.717, 1.165) is 14.7 Å². The maximum Gasteiger partial charge on any atom is 0.301 e. The number of nitrogens with zero attached hydrogens (tertiary/aromatic N) is 2. The van der Waals surface area contributed by atoms with Crippen molar-refractivity contribution in [2.75, 3.05) is 4.90 Å². The molecule has 1 saturated heterocycles. The average Bonchev–Trinajstić information content (AvgIpc) is 3.50. The number of aromatic nitrogens is 1. The molecule has 180 valence electrons. The van der Waals surface area contributed by atoms with Crippen LogP contribution in [-0.4, -0.2) is 21.8 Å². The summed E-state index contributed by atoms with van der Waals surface area (Å²) in [6.07, 6.45) is 1.58. The minimum absolute atomic E-state index is 0.0323. The smallest absolute Gasteiger partial charge is 0.301 e. The lowest BCUT2D eigenvalue weighted by Crippen LogP contribution is -2.29. The van der Waals surface area contributed by atoms with Gasteiger partial charge in [-0.3, -0.25) is 14.5 Å². The topological polar surface area (TPSA) is 79.7 Å². The number of hydrogen-bond acceptors (Lipinski definition) is 6. The Morgan fingerprint density at radius 2 is 1.83 bits per heavy atom. The highest BCUT2D eigenvalue weighted by Crippen LogP contribution is 2.42. The molecule has 4 aromatic rings. The van der Waals surface area contributed by atoms with E-state index in [2.05, 4.69) is 33.6 Å². The lowest BCUT2D eigenvalue weighted by Gasteiger charge is -2.23. The Hall–Kier alpha value is -3.50. The summed E-state index contributed by atoms with van der Waals surface area (Å²) < 4.78 is 6.90. The van der Waals surface area contributed by atoms with E-state index in [1.165, 1.54) is 16.2 Å². The van der Waals surface area contributed by atoms with Crippen molar-refractivity contribution in [3.8, 4) is 5.75 Å². The van der Waals surface area contributed by atoms with Crippen molar-refractivity contribution in [2.24, 2.45) is 0 Å². The van der Waals surface area contributed by atoms with E-state index >= 15 is 0 Å². The fraction of sp³-hybridized carbons (Fsp3) is 0.107. The number of aliphatic hydroxyl groups is 1. The van der Waals surface area contributed by atoms with E-state index in [1.54, 1.807) is 35.8 Å². The first-order valence-corrected chi connectivity index (χ1v) is 13.1. The van der Waals surface area contributed by atoms with Gasteiger partial charge in [-0.05, 0) is 77.0 Å². The van der Waals surface area contributed by atoms with Crippen LogP contribution in [0.2, 0.25) is 0 Å². The van der Waals surface area contributed by atoms with Gasteiger partial charge in [0.05, 0.1) is 11.6 Å². The van der Waals surface area contributed by atoms with E-state index in [4.69, 9.17) is 4.74 Å². The number of anilines is 1. The molecule has 1 aliphatic heterocycles. The zero-order chi connectivity index (χ0) is 25.2. The van der Waals surface area contributed by atoms with Gasteiger partial charge >= 0.3 is 5.91 Å². The second-order valence-corrected chi connectivity index (χ2v) is 10.5. The molecule has 36 heavy (non-hydrogen) atoms. The molecule has 1 fully saturated rings. The molecule has 8 heteroatoms. The van der Waals surface area contributed by atoms with Crippen LogP contribution in [-0.2, 0) is 16.2 Å². The third kappa shape index (κ3) is 4.78. The lowest BCUT2D eigenvalue weighted by atomic mass is 9.95. The predicted octanol–water partition coefficient (Wildman–Crippen LogP) is 6.26. The normalized spacial score (nSPS) is 16.9. The Balaban J connectivity index is 1.48. The third-order valence-electron chi connectivity index (χ3n) is 5.87. The molecule has 3 aromatic carbocycles. The molecule has 0 spiro atoms. The molecule has 1 amide bonds. The summed E-state index contributed by atoms with van der Waals surface area (Å²) in [6, 6.07) is 21.6. The number of aliphatic hydroxyl groups excluding tert-OH is 1. The van der Waals surface area contributed by atoms with Crippen LogP contribution in [0.1, 0.15) is 28.3 Å². The zero-order valence-corrected chi connectivity index (χ0v) is 22.2. The Kier molecular flexibility index (Phi) is 6.88. The average molecular weight is 608 g/mol. The van der Waals surface area contributed by atoms with Crippen LogP contribution in [0.25, 0.3) is 5.76 Å². The van der Waals surface area contributed by atoms with E-state index in [9.17, 15) is 14.7 Å². The van der Waals surface area contributed by atoms with Gasteiger partial charge in [0.15, 0.2) is 5.13 Å².